The maximum absolute atomic E-state index is 13.4. The van der Waals surface area contributed by atoms with Crippen LogP contribution in [0.5, 0.6) is 5.75 Å². The molecule has 41 heavy (non-hydrogen) atoms. The lowest BCUT2D eigenvalue weighted by Crippen LogP contribution is -2.58. The predicted molar refractivity (Wildman–Crippen MR) is 149 cm³/mol. The number of amides is 3. The number of phenolic OH excluding ortho intramolecular Hbond substituents is 1. The lowest BCUT2D eigenvalue weighted by Gasteiger charge is -2.25. The fourth-order valence-corrected chi connectivity index (χ4v) is 4.00. The van der Waals surface area contributed by atoms with Crippen molar-refractivity contribution in [1.29, 1.82) is 0 Å². The first-order valence-electron chi connectivity index (χ1n) is 13.1. The highest BCUT2D eigenvalue weighted by atomic mass is 16.4. The molecule has 0 aliphatic heterocycles. The minimum Gasteiger partial charge on any atom is -0.508 e. The SMILES string of the molecule is NCCCCC(NC(=O)C(Cc1ccccc1)NC(=O)C(N)Cc1ccc(O)cc1)C(=O)NC(CC(=O)O)C(=O)O. The monoisotopic (exact) mass is 571 g/mol. The topological polar surface area (TPSA) is 234 Å². The van der Waals surface area contributed by atoms with Crippen LogP contribution in [0.25, 0.3) is 0 Å². The number of carboxylic acids is 2. The summed E-state index contributed by atoms with van der Waals surface area (Å²) < 4.78 is 0. The number of aromatic hydroxyl groups is 1. The molecule has 0 fully saturated rings. The molecule has 222 valence electrons. The van der Waals surface area contributed by atoms with E-state index in [-0.39, 0.29) is 25.0 Å². The largest absolute Gasteiger partial charge is 0.508 e. The number of nitrogens with two attached hydrogens (primary N) is 2. The van der Waals surface area contributed by atoms with Gasteiger partial charge in [-0.15, -0.1) is 0 Å². The second-order valence-corrected chi connectivity index (χ2v) is 9.57. The van der Waals surface area contributed by atoms with E-state index in [0.717, 1.165) is 5.56 Å². The zero-order valence-electron chi connectivity index (χ0n) is 22.5. The summed E-state index contributed by atoms with van der Waals surface area (Å²) in [5, 5.41) is 35.2. The molecule has 0 aliphatic carbocycles. The number of hydrogen-bond acceptors (Lipinski definition) is 8. The molecular weight excluding hydrogens is 534 g/mol. The summed E-state index contributed by atoms with van der Waals surface area (Å²) in [6, 6.07) is 9.92. The van der Waals surface area contributed by atoms with Gasteiger partial charge in [-0.2, -0.15) is 0 Å². The quantitative estimate of drug-likeness (QED) is 0.115. The van der Waals surface area contributed by atoms with Gasteiger partial charge in [0.25, 0.3) is 0 Å². The van der Waals surface area contributed by atoms with Crippen LogP contribution in [0.3, 0.4) is 0 Å². The van der Waals surface area contributed by atoms with Gasteiger partial charge in [0, 0.05) is 6.42 Å². The predicted octanol–water partition coefficient (Wildman–Crippen LogP) is -0.353. The lowest BCUT2D eigenvalue weighted by atomic mass is 10.0. The minimum atomic E-state index is -1.70. The fraction of sp³-hybridized carbons (Fsp3) is 0.393. The number of carboxylic acid groups (broad SMARTS) is 2. The molecule has 0 saturated heterocycles. The van der Waals surface area contributed by atoms with Crippen molar-refractivity contribution >= 4 is 29.7 Å². The molecule has 0 radical (unpaired) electrons. The Kier molecular flexibility index (Phi) is 13.2. The third-order valence-corrected chi connectivity index (χ3v) is 6.22. The van der Waals surface area contributed by atoms with Crippen molar-refractivity contribution in [3.63, 3.8) is 0 Å². The van der Waals surface area contributed by atoms with Gasteiger partial charge in [0.1, 0.15) is 23.9 Å². The molecule has 0 aromatic heterocycles. The molecule has 2 aromatic carbocycles. The van der Waals surface area contributed by atoms with Crippen LogP contribution in [0.1, 0.15) is 36.8 Å². The molecule has 2 rings (SSSR count). The van der Waals surface area contributed by atoms with Gasteiger partial charge in [0.15, 0.2) is 0 Å². The lowest BCUT2D eigenvalue weighted by molar-refractivity contribution is -0.147. The third kappa shape index (κ3) is 11.6. The molecule has 0 saturated carbocycles. The van der Waals surface area contributed by atoms with Gasteiger partial charge < -0.3 is 42.7 Å². The number of carbonyl (C=O) groups excluding carboxylic acids is 3. The van der Waals surface area contributed by atoms with Crippen LogP contribution >= 0.6 is 0 Å². The first-order valence-corrected chi connectivity index (χ1v) is 13.1. The highest BCUT2D eigenvalue weighted by Crippen LogP contribution is 2.12. The molecule has 2 aromatic rings. The fourth-order valence-electron chi connectivity index (χ4n) is 4.00. The van der Waals surface area contributed by atoms with Crippen molar-refractivity contribution in [2.75, 3.05) is 6.54 Å². The number of rotatable bonds is 17. The molecule has 0 aliphatic rings. The number of carbonyl (C=O) groups is 5. The van der Waals surface area contributed by atoms with Gasteiger partial charge in [-0.05, 0) is 55.5 Å². The second kappa shape index (κ2) is 16.6. The van der Waals surface area contributed by atoms with Crippen molar-refractivity contribution in [3.8, 4) is 5.75 Å². The van der Waals surface area contributed by atoms with Crippen molar-refractivity contribution < 1.29 is 39.3 Å². The van der Waals surface area contributed by atoms with Crippen LogP contribution < -0.4 is 27.4 Å². The molecule has 0 spiro atoms. The Hall–Kier alpha value is -4.49. The van der Waals surface area contributed by atoms with Gasteiger partial charge in [-0.1, -0.05) is 42.5 Å². The van der Waals surface area contributed by atoms with Gasteiger partial charge in [0.05, 0.1) is 12.5 Å². The molecule has 3 amide bonds. The number of hydrogen-bond donors (Lipinski definition) is 8. The van der Waals surface area contributed by atoms with Crippen LogP contribution in [0.4, 0.5) is 0 Å². The molecule has 10 N–H and O–H groups in total. The van der Waals surface area contributed by atoms with Gasteiger partial charge in [-0.25, -0.2) is 4.79 Å². The van der Waals surface area contributed by atoms with Gasteiger partial charge >= 0.3 is 11.9 Å². The first-order chi connectivity index (χ1) is 19.5. The van der Waals surface area contributed by atoms with E-state index in [0.29, 0.717) is 24.9 Å². The zero-order valence-corrected chi connectivity index (χ0v) is 22.5. The highest BCUT2D eigenvalue weighted by Gasteiger charge is 2.31. The van der Waals surface area contributed by atoms with E-state index >= 15 is 0 Å². The Morgan fingerprint density at radius 1 is 0.707 bits per heavy atom. The summed E-state index contributed by atoms with van der Waals surface area (Å²) >= 11 is 0. The van der Waals surface area contributed by atoms with Crippen LogP contribution in [0.2, 0.25) is 0 Å². The van der Waals surface area contributed by atoms with Crippen LogP contribution in [-0.2, 0) is 36.8 Å². The number of aliphatic carboxylic acids is 2. The van der Waals surface area contributed by atoms with Gasteiger partial charge in [-0.3, -0.25) is 19.2 Å². The number of nitrogens with one attached hydrogen (secondary N) is 3. The summed E-state index contributed by atoms with van der Waals surface area (Å²) in [6.07, 6.45) is 0.386. The number of benzene rings is 2. The average Bonchev–Trinajstić information content (AvgIpc) is 2.93. The van der Waals surface area contributed by atoms with Crippen LogP contribution in [0.15, 0.2) is 54.6 Å². The number of phenols is 1. The Morgan fingerprint density at radius 2 is 1.27 bits per heavy atom. The van der Waals surface area contributed by atoms with Crippen molar-refractivity contribution in [1.82, 2.24) is 16.0 Å². The first kappa shape index (κ1) is 32.7. The van der Waals surface area contributed by atoms with Crippen molar-refractivity contribution in [3.05, 3.63) is 65.7 Å². The van der Waals surface area contributed by atoms with E-state index in [4.69, 9.17) is 16.6 Å². The molecule has 0 bridgehead atoms. The highest BCUT2D eigenvalue weighted by molar-refractivity contribution is 5.94. The molecule has 4 unspecified atom stereocenters. The normalized spacial score (nSPS) is 13.7. The van der Waals surface area contributed by atoms with Crippen molar-refractivity contribution in [2.45, 2.75) is 62.7 Å². The van der Waals surface area contributed by atoms with Crippen LogP contribution in [-0.4, -0.2) is 75.7 Å². The Labute approximate surface area is 237 Å². The summed E-state index contributed by atoms with van der Waals surface area (Å²) in [4.78, 5) is 61.9. The maximum Gasteiger partial charge on any atom is 0.326 e. The standard InChI is InChI=1S/C28H37N5O8/c29-13-5-4-8-21(26(38)33-23(28(40)41)16-24(35)36)31-27(39)22(15-17-6-2-1-3-7-17)32-25(37)20(30)14-18-9-11-19(34)12-10-18/h1-3,6-7,9-12,20-23,34H,4-5,8,13-16,29-30H2,(H,31,39)(H,32,37)(H,33,38)(H,35,36)(H,40,41). The molecule has 0 heterocycles. The van der Waals surface area contributed by atoms with E-state index in [1.165, 1.54) is 12.1 Å². The third-order valence-electron chi connectivity index (χ3n) is 6.22. The van der Waals surface area contributed by atoms with E-state index < -0.39 is 60.2 Å². The van der Waals surface area contributed by atoms with Crippen molar-refractivity contribution in [2.24, 2.45) is 11.5 Å². The van der Waals surface area contributed by atoms with E-state index in [1.807, 2.05) is 0 Å². The molecule has 4 atom stereocenters. The summed E-state index contributed by atoms with van der Waals surface area (Å²) in [5.74, 6) is -5.10. The molecular formula is C28H37N5O8. The second-order valence-electron chi connectivity index (χ2n) is 9.57. The molecule has 13 heteroatoms. The maximum atomic E-state index is 13.4. The van der Waals surface area contributed by atoms with Gasteiger partial charge in [0.2, 0.25) is 17.7 Å². The smallest absolute Gasteiger partial charge is 0.326 e. The van der Waals surface area contributed by atoms with E-state index in [1.54, 1.807) is 42.5 Å². The summed E-state index contributed by atoms with van der Waals surface area (Å²) in [7, 11) is 0. The Balaban J connectivity index is 2.21. The van der Waals surface area contributed by atoms with Crippen LogP contribution in [0, 0.1) is 0 Å². The minimum absolute atomic E-state index is 0.0639. The molecule has 13 nitrogen and oxygen atoms in total. The summed E-state index contributed by atoms with van der Waals surface area (Å²) in [5.41, 5.74) is 13.1. The number of unbranched alkanes of at least 4 members (excludes halogenated alkanes) is 1. The average molecular weight is 572 g/mol. The van der Waals surface area contributed by atoms with E-state index in [2.05, 4.69) is 16.0 Å². The zero-order chi connectivity index (χ0) is 30.4. The summed E-state index contributed by atoms with van der Waals surface area (Å²) in [6.45, 7) is 0.324. The Bertz CT molecular complexity index is 1180. The van der Waals surface area contributed by atoms with E-state index in [9.17, 15) is 34.2 Å². The Morgan fingerprint density at radius 3 is 1.85 bits per heavy atom.